The predicted octanol–water partition coefficient (Wildman–Crippen LogP) is 4.00. The second kappa shape index (κ2) is 9.13. The zero-order chi connectivity index (χ0) is 15.8. The van der Waals surface area contributed by atoms with Crippen molar-refractivity contribution in [1.82, 2.24) is 9.97 Å². The Bertz CT molecular complexity index is 423. The van der Waals surface area contributed by atoms with Crippen molar-refractivity contribution in [1.29, 1.82) is 0 Å². The summed E-state index contributed by atoms with van der Waals surface area (Å²) in [5, 5.41) is 3.44. The minimum Gasteiger partial charge on any atom is -0.370 e. The van der Waals surface area contributed by atoms with Gasteiger partial charge in [0.05, 0.1) is 0 Å². The molecule has 1 aromatic rings. The number of hydrogen-bond acceptors (Lipinski definition) is 5. The van der Waals surface area contributed by atoms with E-state index in [1.165, 1.54) is 11.3 Å². The highest BCUT2D eigenvalue weighted by molar-refractivity contribution is 7.98. The lowest BCUT2D eigenvalue weighted by molar-refractivity contribution is 0.654. The van der Waals surface area contributed by atoms with E-state index in [1.807, 2.05) is 11.8 Å². The summed E-state index contributed by atoms with van der Waals surface area (Å²) >= 11 is 1.90. The molecule has 0 saturated heterocycles. The maximum atomic E-state index is 4.57. The molecule has 1 N–H and O–H groups in total. The van der Waals surface area contributed by atoms with Crippen LogP contribution in [-0.4, -0.2) is 41.6 Å². The molecule has 1 rings (SSSR count). The average molecular weight is 311 g/mol. The summed E-state index contributed by atoms with van der Waals surface area (Å²) in [5.74, 6) is 3.62. The van der Waals surface area contributed by atoms with E-state index in [9.17, 15) is 0 Å². The average Bonchev–Trinajstić information content (AvgIpc) is 2.48. The lowest BCUT2D eigenvalue weighted by Crippen LogP contribution is -2.31. The standard InChI is InChI=1S/C16H30N4S/c1-7-9-17-15-14(12(2)3)16(19-11-18-15)20(5)13(4)8-10-21-6/h11-13H,7-10H2,1-6H3,(H,17,18,19). The Morgan fingerprint density at radius 3 is 2.57 bits per heavy atom. The summed E-state index contributed by atoms with van der Waals surface area (Å²) < 4.78 is 0. The minimum atomic E-state index is 0.399. The number of aromatic nitrogens is 2. The largest absolute Gasteiger partial charge is 0.370 e. The molecule has 1 aromatic heterocycles. The molecule has 0 aromatic carbocycles. The predicted molar refractivity (Wildman–Crippen MR) is 95.8 cm³/mol. The van der Waals surface area contributed by atoms with E-state index in [0.29, 0.717) is 12.0 Å². The van der Waals surface area contributed by atoms with Gasteiger partial charge in [-0.15, -0.1) is 0 Å². The van der Waals surface area contributed by atoms with Gasteiger partial charge in [-0.3, -0.25) is 0 Å². The number of nitrogens with zero attached hydrogens (tertiary/aromatic N) is 3. The SMILES string of the molecule is CCCNc1ncnc(N(C)C(C)CCSC)c1C(C)C. The van der Waals surface area contributed by atoms with Gasteiger partial charge in [-0.05, 0) is 37.7 Å². The first-order chi connectivity index (χ1) is 10.0. The van der Waals surface area contributed by atoms with Crippen LogP contribution in [0.3, 0.4) is 0 Å². The van der Waals surface area contributed by atoms with E-state index in [0.717, 1.165) is 31.0 Å². The molecule has 0 amide bonds. The van der Waals surface area contributed by atoms with E-state index in [-0.39, 0.29) is 0 Å². The molecule has 0 aliphatic rings. The van der Waals surface area contributed by atoms with Crippen LogP contribution < -0.4 is 10.2 Å². The summed E-state index contributed by atoms with van der Waals surface area (Å²) in [6, 6.07) is 0.476. The number of hydrogen-bond donors (Lipinski definition) is 1. The van der Waals surface area contributed by atoms with Gasteiger partial charge in [0.2, 0.25) is 0 Å². The van der Waals surface area contributed by atoms with Crippen LogP contribution in [0.25, 0.3) is 0 Å². The van der Waals surface area contributed by atoms with Crippen molar-refractivity contribution >= 4 is 23.4 Å². The number of rotatable bonds is 9. The molecule has 0 aliphatic carbocycles. The van der Waals surface area contributed by atoms with Crippen LogP contribution in [0.1, 0.15) is 52.0 Å². The molecule has 1 unspecified atom stereocenters. The van der Waals surface area contributed by atoms with Crippen LogP contribution in [0, 0.1) is 0 Å². The van der Waals surface area contributed by atoms with Gasteiger partial charge in [0, 0.05) is 25.2 Å². The monoisotopic (exact) mass is 310 g/mol. The maximum absolute atomic E-state index is 4.57. The maximum Gasteiger partial charge on any atom is 0.137 e. The Morgan fingerprint density at radius 1 is 1.29 bits per heavy atom. The van der Waals surface area contributed by atoms with Gasteiger partial charge in [0.1, 0.15) is 18.0 Å². The van der Waals surface area contributed by atoms with Crippen molar-refractivity contribution in [3.63, 3.8) is 0 Å². The summed E-state index contributed by atoms with van der Waals surface area (Å²) in [6.07, 6.45) is 6.09. The van der Waals surface area contributed by atoms with E-state index < -0.39 is 0 Å². The van der Waals surface area contributed by atoms with Gasteiger partial charge >= 0.3 is 0 Å². The number of thioether (sulfide) groups is 1. The van der Waals surface area contributed by atoms with E-state index in [1.54, 1.807) is 6.33 Å². The van der Waals surface area contributed by atoms with Crippen molar-refractivity contribution < 1.29 is 0 Å². The Hall–Kier alpha value is -0.970. The molecule has 0 radical (unpaired) electrons. The molecule has 1 heterocycles. The lowest BCUT2D eigenvalue weighted by atomic mass is 10.0. The zero-order valence-electron chi connectivity index (χ0n) is 14.3. The normalized spacial score (nSPS) is 12.5. The van der Waals surface area contributed by atoms with Crippen LogP contribution >= 0.6 is 11.8 Å². The molecule has 0 spiro atoms. The molecule has 4 nitrogen and oxygen atoms in total. The number of nitrogens with one attached hydrogen (secondary N) is 1. The van der Waals surface area contributed by atoms with Gasteiger partial charge in [-0.25, -0.2) is 9.97 Å². The highest BCUT2D eigenvalue weighted by Gasteiger charge is 2.20. The summed E-state index contributed by atoms with van der Waals surface area (Å²) in [6.45, 7) is 9.80. The fourth-order valence-corrected chi connectivity index (χ4v) is 2.85. The Labute approximate surface area is 134 Å². The minimum absolute atomic E-state index is 0.399. The summed E-state index contributed by atoms with van der Waals surface area (Å²) in [5.41, 5.74) is 1.23. The van der Waals surface area contributed by atoms with Crippen LogP contribution in [0.5, 0.6) is 0 Å². The van der Waals surface area contributed by atoms with Crippen LogP contribution in [0.2, 0.25) is 0 Å². The Morgan fingerprint density at radius 2 is 2.00 bits per heavy atom. The first-order valence-electron chi connectivity index (χ1n) is 7.83. The molecule has 0 saturated carbocycles. The van der Waals surface area contributed by atoms with E-state index >= 15 is 0 Å². The molecule has 1 atom stereocenters. The first kappa shape index (κ1) is 18.1. The molecule has 0 aliphatic heterocycles. The highest BCUT2D eigenvalue weighted by atomic mass is 32.2. The van der Waals surface area contributed by atoms with E-state index in [2.05, 4.69) is 61.2 Å². The third-order valence-electron chi connectivity index (χ3n) is 3.72. The third kappa shape index (κ3) is 5.06. The van der Waals surface area contributed by atoms with Crippen LogP contribution in [-0.2, 0) is 0 Å². The smallest absolute Gasteiger partial charge is 0.137 e. The highest BCUT2D eigenvalue weighted by Crippen LogP contribution is 2.31. The Balaban J connectivity index is 3.04. The molecule has 21 heavy (non-hydrogen) atoms. The van der Waals surface area contributed by atoms with Gasteiger partial charge in [0.25, 0.3) is 0 Å². The molecular formula is C16H30N4S. The van der Waals surface area contributed by atoms with Gasteiger partial charge in [-0.2, -0.15) is 11.8 Å². The molecule has 120 valence electrons. The third-order valence-corrected chi connectivity index (χ3v) is 4.36. The molecular weight excluding hydrogens is 280 g/mol. The summed E-state index contributed by atoms with van der Waals surface area (Å²) in [4.78, 5) is 11.3. The quantitative estimate of drug-likeness (QED) is 0.746. The van der Waals surface area contributed by atoms with Crippen molar-refractivity contribution in [2.24, 2.45) is 0 Å². The molecule has 0 fully saturated rings. The van der Waals surface area contributed by atoms with Crippen LogP contribution in [0.15, 0.2) is 6.33 Å². The van der Waals surface area contributed by atoms with Crippen molar-refractivity contribution in [3.8, 4) is 0 Å². The van der Waals surface area contributed by atoms with Crippen molar-refractivity contribution in [3.05, 3.63) is 11.9 Å². The second-order valence-corrected chi connectivity index (χ2v) is 6.77. The topological polar surface area (TPSA) is 41.1 Å². The number of anilines is 2. The zero-order valence-corrected chi connectivity index (χ0v) is 15.1. The fourth-order valence-electron chi connectivity index (χ4n) is 2.27. The molecule has 5 heteroatoms. The second-order valence-electron chi connectivity index (χ2n) is 5.78. The van der Waals surface area contributed by atoms with Crippen molar-refractivity contribution in [2.75, 3.05) is 35.8 Å². The van der Waals surface area contributed by atoms with E-state index in [4.69, 9.17) is 0 Å². The fraction of sp³-hybridized carbons (Fsp3) is 0.750. The van der Waals surface area contributed by atoms with Crippen molar-refractivity contribution in [2.45, 2.75) is 52.5 Å². The molecule has 0 bridgehead atoms. The van der Waals surface area contributed by atoms with Crippen LogP contribution in [0.4, 0.5) is 11.6 Å². The van der Waals surface area contributed by atoms with Gasteiger partial charge in [0.15, 0.2) is 0 Å². The van der Waals surface area contributed by atoms with Gasteiger partial charge in [-0.1, -0.05) is 20.8 Å². The first-order valence-corrected chi connectivity index (χ1v) is 9.22. The summed E-state index contributed by atoms with van der Waals surface area (Å²) in [7, 11) is 2.14. The Kier molecular flexibility index (Phi) is 7.86. The lowest BCUT2D eigenvalue weighted by Gasteiger charge is -2.29. The van der Waals surface area contributed by atoms with Gasteiger partial charge < -0.3 is 10.2 Å².